The maximum absolute atomic E-state index is 13.6. The number of pyridine rings is 1. The third-order valence-corrected chi connectivity index (χ3v) is 16.0. The van der Waals surface area contributed by atoms with Crippen LogP contribution in [0.3, 0.4) is 0 Å². The number of carbonyl (C=O) groups excluding carboxylic acids is 5. The van der Waals surface area contributed by atoms with Gasteiger partial charge in [0.2, 0.25) is 23.6 Å². The molecule has 5 aromatic rings. The Morgan fingerprint density at radius 1 is 0.808 bits per heavy atom. The molecule has 1 aromatic heterocycles. The summed E-state index contributed by atoms with van der Waals surface area (Å²) in [5, 5.41) is 12.4. The van der Waals surface area contributed by atoms with Crippen molar-refractivity contribution in [3.63, 3.8) is 0 Å². The van der Waals surface area contributed by atoms with Crippen molar-refractivity contribution in [2.75, 3.05) is 98.2 Å². The summed E-state index contributed by atoms with van der Waals surface area (Å²) in [5.41, 5.74) is 7.00. The largest absolute Gasteiger partial charge is 0.457 e. The van der Waals surface area contributed by atoms with Crippen molar-refractivity contribution >= 4 is 68.9 Å². The summed E-state index contributed by atoms with van der Waals surface area (Å²) in [6.07, 6.45) is 8.61. The van der Waals surface area contributed by atoms with Gasteiger partial charge in [-0.3, -0.25) is 34.3 Å². The Kier molecular flexibility index (Phi) is 13.5. The molecule has 5 aliphatic heterocycles. The molecule has 1 aliphatic carbocycles. The molecule has 4 fully saturated rings. The minimum Gasteiger partial charge on any atom is -0.457 e. The number of carbonyl (C=O) groups is 5. The van der Waals surface area contributed by atoms with Crippen molar-refractivity contribution in [2.24, 2.45) is 11.3 Å². The van der Waals surface area contributed by atoms with Crippen LogP contribution in [0, 0.1) is 17.2 Å². The van der Waals surface area contributed by atoms with E-state index in [1.54, 1.807) is 35.4 Å². The van der Waals surface area contributed by atoms with E-state index in [-0.39, 0.29) is 30.0 Å². The zero-order valence-corrected chi connectivity index (χ0v) is 41.4. The van der Waals surface area contributed by atoms with E-state index in [1.165, 1.54) is 35.5 Å². The summed E-state index contributed by atoms with van der Waals surface area (Å²) in [5.74, 6) is -0.0511. The van der Waals surface area contributed by atoms with Crippen LogP contribution in [0.5, 0.6) is 11.5 Å². The smallest absolute Gasteiger partial charge is 0.255 e. The number of rotatable bonds is 15. The molecule has 11 rings (SSSR count). The van der Waals surface area contributed by atoms with Crippen LogP contribution < -0.4 is 35.8 Å². The number of piperidine rings is 2. The molecule has 5 amide bonds. The first-order valence-corrected chi connectivity index (χ1v) is 26.0. The Hall–Kier alpha value is -7.11. The fourth-order valence-corrected chi connectivity index (χ4v) is 11.6. The topological polar surface area (TPSA) is 172 Å². The summed E-state index contributed by atoms with van der Waals surface area (Å²) in [7, 11) is 1.94. The van der Waals surface area contributed by atoms with Crippen molar-refractivity contribution in [3.8, 4) is 11.5 Å². The predicted octanol–water partition coefficient (Wildman–Crippen LogP) is 7.00. The molecular weight excluding hydrogens is 928 g/mol. The molecule has 380 valence electrons. The van der Waals surface area contributed by atoms with Gasteiger partial charge >= 0.3 is 0 Å². The highest BCUT2D eigenvalue weighted by molar-refractivity contribution is 6.17. The van der Waals surface area contributed by atoms with Gasteiger partial charge in [0.25, 0.3) is 5.91 Å². The highest BCUT2D eigenvalue weighted by Crippen LogP contribution is 2.48. The summed E-state index contributed by atoms with van der Waals surface area (Å²) in [6.45, 7) is 10.7. The second-order valence-electron chi connectivity index (χ2n) is 20.6. The molecule has 3 saturated heterocycles. The number of hydrogen-bond acceptors (Lipinski definition) is 12. The van der Waals surface area contributed by atoms with Gasteiger partial charge in [0, 0.05) is 119 Å². The number of fused-ring (bicyclic) bond motifs is 4. The zero-order valence-electron chi connectivity index (χ0n) is 41.4. The minimum atomic E-state index is -1.16. The number of ether oxygens (including phenoxy) is 1. The third-order valence-electron chi connectivity index (χ3n) is 16.0. The predicted molar refractivity (Wildman–Crippen MR) is 279 cm³/mol. The van der Waals surface area contributed by atoms with Crippen LogP contribution in [0.15, 0.2) is 85.1 Å². The van der Waals surface area contributed by atoms with Gasteiger partial charge in [-0.05, 0) is 142 Å². The van der Waals surface area contributed by atoms with Gasteiger partial charge in [-0.1, -0.05) is 6.07 Å². The van der Waals surface area contributed by atoms with Crippen molar-refractivity contribution in [1.29, 1.82) is 0 Å². The van der Waals surface area contributed by atoms with Gasteiger partial charge < -0.3 is 45.2 Å². The van der Waals surface area contributed by atoms with E-state index >= 15 is 0 Å². The monoisotopic (exact) mass is 990 g/mol. The lowest BCUT2D eigenvalue weighted by molar-refractivity contribution is -0.137. The Balaban J connectivity index is 0.637. The lowest BCUT2D eigenvalue weighted by Gasteiger charge is -2.40. The molecule has 1 unspecified atom stereocenters. The van der Waals surface area contributed by atoms with E-state index in [4.69, 9.17) is 9.72 Å². The first kappa shape index (κ1) is 48.2. The number of halogens is 1. The molecular formula is C56H63FN10O6. The van der Waals surface area contributed by atoms with Crippen molar-refractivity contribution in [1.82, 2.24) is 25.0 Å². The van der Waals surface area contributed by atoms with Gasteiger partial charge in [-0.25, -0.2) is 4.39 Å². The Morgan fingerprint density at radius 2 is 1.52 bits per heavy atom. The van der Waals surface area contributed by atoms with Crippen LogP contribution in [0.1, 0.15) is 72.9 Å². The molecule has 4 aromatic carbocycles. The zero-order chi connectivity index (χ0) is 50.2. The van der Waals surface area contributed by atoms with Gasteiger partial charge in [0.15, 0.2) is 0 Å². The fourth-order valence-electron chi connectivity index (χ4n) is 11.6. The number of aromatic nitrogens is 1. The van der Waals surface area contributed by atoms with Crippen LogP contribution in [-0.4, -0.2) is 128 Å². The maximum atomic E-state index is 13.6. The average molecular weight is 991 g/mol. The third kappa shape index (κ3) is 10.0. The summed E-state index contributed by atoms with van der Waals surface area (Å²) >= 11 is 0. The van der Waals surface area contributed by atoms with Gasteiger partial charge in [0.05, 0.1) is 16.9 Å². The van der Waals surface area contributed by atoms with Gasteiger partial charge in [-0.2, -0.15) is 0 Å². The second-order valence-corrected chi connectivity index (χ2v) is 20.6. The van der Waals surface area contributed by atoms with E-state index in [1.807, 2.05) is 19.2 Å². The number of aryl methyl sites for hydroxylation is 1. The first-order valence-electron chi connectivity index (χ1n) is 26.0. The number of anilines is 5. The molecule has 6 heterocycles. The minimum absolute atomic E-state index is 0.109. The quantitative estimate of drug-likeness (QED) is 0.0627. The molecule has 0 spiro atoms. The van der Waals surface area contributed by atoms with Crippen LogP contribution in [0.4, 0.5) is 32.8 Å². The summed E-state index contributed by atoms with van der Waals surface area (Å²) in [4.78, 5) is 81.0. The van der Waals surface area contributed by atoms with Crippen molar-refractivity contribution in [3.05, 3.63) is 108 Å². The van der Waals surface area contributed by atoms with Crippen molar-refractivity contribution in [2.45, 2.75) is 70.4 Å². The highest BCUT2D eigenvalue weighted by atomic mass is 19.1. The van der Waals surface area contributed by atoms with Crippen LogP contribution in [0.25, 0.3) is 10.9 Å². The molecule has 4 N–H and O–H groups in total. The Bertz CT molecular complexity index is 2930. The molecule has 0 radical (unpaired) electrons. The fraction of sp³-hybridized carbons (Fsp3) is 0.429. The Morgan fingerprint density at radius 3 is 2.22 bits per heavy atom. The van der Waals surface area contributed by atoms with Crippen LogP contribution >= 0.6 is 0 Å². The van der Waals surface area contributed by atoms with E-state index in [0.717, 1.165) is 125 Å². The molecule has 1 atom stereocenters. The van der Waals surface area contributed by atoms with E-state index < -0.39 is 23.2 Å². The number of nitrogens with zero attached hydrogens (tertiary/aromatic N) is 6. The number of nitrogens with one attached hydrogen (secondary N) is 4. The molecule has 73 heavy (non-hydrogen) atoms. The lowest BCUT2D eigenvalue weighted by Crippen LogP contribution is -2.52. The molecule has 0 bridgehead atoms. The van der Waals surface area contributed by atoms with Crippen LogP contribution in [0.2, 0.25) is 0 Å². The van der Waals surface area contributed by atoms with Crippen molar-refractivity contribution < 1.29 is 33.1 Å². The first-order chi connectivity index (χ1) is 35.5. The lowest BCUT2D eigenvalue weighted by atomic mass is 9.95. The molecule has 17 heteroatoms. The van der Waals surface area contributed by atoms with Crippen LogP contribution in [-0.2, 0) is 32.1 Å². The van der Waals surface area contributed by atoms with E-state index in [0.29, 0.717) is 60.2 Å². The molecule has 6 aliphatic rings. The second kappa shape index (κ2) is 20.4. The van der Waals surface area contributed by atoms with Gasteiger partial charge in [-0.15, -0.1) is 0 Å². The van der Waals surface area contributed by atoms with E-state index in [9.17, 15) is 28.4 Å². The standard InChI is InChI=1S/C56H63FN10O6/c1-58-46-32-43-45(59-22-17-49(43)73-41-12-10-40(11-13-41)61-55(72)56(20-21-56)54(71)60-39-8-6-38(57)7-9-39)33-48(46)65-26-18-36(19-27-65)34-64-30-28-63(29-31-64)23-3-25-66-24-2-4-37-5-14-42-44(51(37)66)35-67(53(42)70)47-15-16-50(68)62-52(47)69/h5-14,17,22,32-33,36,47,58H,2-4,15-16,18-21,23-31,34-35H2,1H3,(H,60,71)(H,61,72)(H,62,68,69). The normalized spacial score (nSPS) is 20.1. The summed E-state index contributed by atoms with van der Waals surface area (Å²) in [6, 6.07) is 22.1. The highest BCUT2D eigenvalue weighted by Gasteiger charge is 2.56. The van der Waals surface area contributed by atoms with E-state index in [2.05, 4.69) is 59.1 Å². The number of hydrogen-bond donors (Lipinski definition) is 4. The average Bonchev–Trinajstić information content (AvgIpc) is 4.16. The number of amides is 5. The summed E-state index contributed by atoms with van der Waals surface area (Å²) < 4.78 is 19.7. The molecule has 1 saturated carbocycles. The number of imide groups is 1. The number of piperazine rings is 1. The number of benzene rings is 4. The molecule has 16 nitrogen and oxygen atoms in total. The maximum Gasteiger partial charge on any atom is 0.255 e. The SMILES string of the molecule is CNc1cc2c(Oc3ccc(NC(=O)C4(C(=O)Nc5ccc(F)cc5)CC4)cc3)ccnc2cc1N1CCC(CN2CCN(CCCN3CCCc4ccc5c(c43)CN(C3CCC(=O)NC3=O)C5=O)CC2)CC1. The van der Waals surface area contributed by atoms with Gasteiger partial charge in [0.1, 0.15) is 28.8 Å². The Labute approximate surface area is 424 Å².